The van der Waals surface area contributed by atoms with E-state index in [-0.39, 0.29) is 31.1 Å². The summed E-state index contributed by atoms with van der Waals surface area (Å²) in [5.41, 5.74) is 0.350. The number of esters is 1. The van der Waals surface area contributed by atoms with Crippen LogP contribution in [-0.2, 0) is 19.1 Å². The van der Waals surface area contributed by atoms with Gasteiger partial charge in [0.05, 0.1) is 24.5 Å². The van der Waals surface area contributed by atoms with E-state index in [0.717, 1.165) is 17.0 Å². The molecule has 0 bridgehead atoms. The molecule has 1 aliphatic heterocycles. The molecule has 0 fully saturated rings. The van der Waals surface area contributed by atoms with Gasteiger partial charge < -0.3 is 14.8 Å². The van der Waals surface area contributed by atoms with Crippen molar-refractivity contribution in [2.75, 3.05) is 37.0 Å². The monoisotopic (exact) mass is 314 g/mol. The van der Waals surface area contributed by atoms with Crippen LogP contribution in [0, 0.1) is 11.6 Å². The fourth-order valence-corrected chi connectivity index (χ4v) is 2.13. The van der Waals surface area contributed by atoms with E-state index in [2.05, 4.69) is 5.32 Å². The van der Waals surface area contributed by atoms with Crippen LogP contribution in [0.5, 0.6) is 0 Å². The van der Waals surface area contributed by atoms with E-state index < -0.39 is 29.6 Å². The van der Waals surface area contributed by atoms with E-state index >= 15 is 0 Å². The van der Waals surface area contributed by atoms with Crippen molar-refractivity contribution in [1.29, 1.82) is 0 Å². The lowest BCUT2D eigenvalue weighted by molar-refractivity contribution is -0.149. The third-order valence-corrected chi connectivity index (χ3v) is 3.08. The molecule has 2 rings (SSSR count). The summed E-state index contributed by atoms with van der Waals surface area (Å²) in [6, 6.07) is 1.82. The van der Waals surface area contributed by atoms with E-state index in [1.807, 2.05) is 0 Å². The minimum atomic E-state index is -1.10. The molecule has 0 spiro atoms. The average Bonchev–Trinajstić information content (AvgIpc) is 2.44. The maximum absolute atomic E-state index is 13.4. The summed E-state index contributed by atoms with van der Waals surface area (Å²) in [6.45, 7) is 1.37. The molecule has 1 N–H and O–H groups in total. The average molecular weight is 314 g/mol. The molecular formula is C14H16F2N2O4. The molecular weight excluding hydrogens is 298 g/mol. The number of rotatable bonds is 5. The number of nitrogens with one attached hydrogen (secondary N) is 1. The number of hydrogen-bond acceptors (Lipinski definition) is 5. The largest absolute Gasteiger partial charge is 0.459 e. The number of anilines is 2. The molecule has 0 aromatic heterocycles. The summed E-state index contributed by atoms with van der Waals surface area (Å²) in [7, 11) is 1.47. The van der Waals surface area contributed by atoms with Gasteiger partial charge in [0.15, 0.2) is 11.6 Å². The first-order chi connectivity index (χ1) is 10.4. The van der Waals surface area contributed by atoms with Gasteiger partial charge in [0.25, 0.3) is 0 Å². The van der Waals surface area contributed by atoms with Crippen LogP contribution in [0.25, 0.3) is 0 Å². The van der Waals surface area contributed by atoms with Crippen molar-refractivity contribution < 1.29 is 27.8 Å². The van der Waals surface area contributed by atoms with Crippen LogP contribution in [0.15, 0.2) is 12.1 Å². The zero-order chi connectivity index (χ0) is 16.3. The summed E-state index contributed by atoms with van der Waals surface area (Å²) >= 11 is 0. The number of benzene rings is 1. The van der Waals surface area contributed by atoms with E-state index in [1.165, 1.54) is 7.11 Å². The van der Waals surface area contributed by atoms with E-state index in [4.69, 9.17) is 9.47 Å². The third-order valence-electron chi connectivity index (χ3n) is 3.08. The second-order valence-electron chi connectivity index (χ2n) is 4.87. The predicted octanol–water partition coefficient (Wildman–Crippen LogP) is 1.30. The molecule has 1 amide bonds. The lowest BCUT2D eigenvalue weighted by Gasteiger charge is -2.29. The van der Waals surface area contributed by atoms with Crippen molar-refractivity contribution in [2.24, 2.45) is 0 Å². The van der Waals surface area contributed by atoms with Gasteiger partial charge in [0.2, 0.25) is 5.91 Å². The van der Waals surface area contributed by atoms with Gasteiger partial charge in [0.1, 0.15) is 12.6 Å². The zero-order valence-electron chi connectivity index (χ0n) is 12.2. The molecule has 6 nitrogen and oxygen atoms in total. The van der Waals surface area contributed by atoms with Crippen molar-refractivity contribution >= 4 is 23.3 Å². The van der Waals surface area contributed by atoms with Crippen LogP contribution in [0.3, 0.4) is 0 Å². The van der Waals surface area contributed by atoms with E-state index in [0.29, 0.717) is 0 Å². The molecule has 0 saturated carbocycles. The SMILES string of the molecule is COCC(C)OC(=O)CN1C(=O)CNc2cc(F)c(F)cc21. The number of carbonyl (C=O) groups excluding carboxylic acids is 2. The highest BCUT2D eigenvalue weighted by molar-refractivity contribution is 6.05. The van der Waals surface area contributed by atoms with Crippen LogP contribution in [-0.4, -0.2) is 44.8 Å². The Labute approximate surface area is 126 Å². The smallest absolute Gasteiger partial charge is 0.326 e. The minimum Gasteiger partial charge on any atom is -0.459 e. The van der Waals surface area contributed by atoms with Gasteiger partial charge in [-0.25, -0.2) is 8.78 Å². The van der Waals surface area contributed by atoms with Gasteiger partial charge in [-0.15, -0.1) is 0 Å². The quantitative estimate of drug-likeness (QED) is 0.830. The summed E-state index contributed by atoms with van der Waals surface area (Å²) in [5, 5.41) is 2.67. The number of methoxy groups -OCH3 is 1. The van der Waals surface area contributed by atoms with Crippen LogP contribution >= 0.6 is 0 Å². The second kappa shape index (κ2) is 6.69. The van der Waals surface area contributed by atoms with Crippen molar-refractivity contribution in [3.8, 4) is 0 Å². The summed E-state index contributed by atoms with van der Waals surface area (Å²) < 4.78 is 36.5. The van der Waals surface area contributed by atoms with Crippen molar-refractivity contribution in [3.05, 3.63) is 23.8 Å². The van der Waals surface area contributed by atoms with Gasteiger partial charge in [-0.3, -0.25) is 14.5 Å². The van der Waals surface area contributed by atoms with Crippen molar-refractivity contribution in [2.45, 2.75) is 13.0 Å². The van der Waals surface area contributed by atoms with Crippen molar-refractivity contribution in [3.63, 3.8) is 0 Å². The summed E-state index contributed by atoms with van der Waals surface area (Å²) in [4.78, 5) is 24.8. The number of fused-ring (bicyclic) bond motifs is 1. The number of halogens is 2. The topological polar surface area (TPSA) is 67.9 Å². The summed E-state index contributed by atoms with van der Waals surface area (Å²) in [5.74, 6) is -3.22. The fourth-order valence-electron chi connectivity index (χ4n) is 2.13. The van der Waals surface area contributed by atoms with Crippen molar-refractivity contribution in [1.82, 2.24) is 0 Å². The molecule has 0 aliphatic carbocycles. The maximum Gasteiger partial charge on any atom is 0.326 e. The van der Waals surface area contributed by atoms with Crippen LogP contribution < -0.4 is 10.2 Å². The molecule has 120 valence electrons. The van der Waals surface area contributed by atoms with Crippen LogP contribution in [0.1, 0.15) is 6.92 Å². The maximum atomic E-state index is 13.4. The lowest BCUT2D eigenvalue weighted by Crippen LogP contribution is -2.44. The molecule has 1 heterocycles. The van der Waals surface area contributed by atoms with Gasteiger partial charge in [0, 0.05) is 19.2 Å². The number of hydrogen-bond donors (Lipinski definition) is 1. The number of ether oxygens (including phenoxy) is 2. The first kappa shape index (κ1) is 16.2. The molecule has 1 aromatic carbocycles. The molecule has 0 saturated heterocycles. The Kier molecular flexibility index (Phi) is 4.92. The van der Waals surface area contributed by atoms with Gasteiger partial charge in [-0.2, -0.15) is 0 Å². The number of amides is 1. The standard InChI is InChI=1S/C14H16F2N2O4/c1-8(7-21-2)22-14(20)6-18-12-4-10(16)9(15)3-11(12)17-5-13(18)19/h3-4,8,17H,5-7H2,1-2H3. The molecule has 8 heteroatoms. The predicted molar refractivity (Wildman–Crippen MR) is 74.6 cm³/mol. The highest BCUT2D eigenvalue weighted by atomic mass is 19.2. The molecule has 1 aliphatic rings. The number of nitrogens with zero attached hydrogens (tertiary/aromatic N) is 1. The fraction of sp³-hybridized carbons (Fsp3) is 0.429. The van der Waals surface area contributed by atoms with Crippen LogP contribution in [0.4, 0.5) is 20.2 Å². The summed E-state index contributed by atoms with van der Waals surface area (Å²) in [6.07, 6.45) is -0.472. The highest BCUT2D eigenvalue weighted by Crippen LogP contribution is 2.31. The normalized spacial score (nSPS) is 15.1. The first-order valence-corrected chi connectivity index (χ1v) is 6.64. The molecule has 1 aromatic rings. The Bertz CT molecular complexity index is 594. The Balaban J connectivity index is 2.16. The lowest BCUT2D eigenvalue weighted by atomic mass is 10.2. The zero-order valence-corrected chi connectivity index (χ0v) is 12.2. The third kappa shape index (κ3) is 3.51. The molecule has 22 heavy (non-hydrogen) atoms. The minimum absolute atomic E-state index is 0.103. The van der Waals surface area contributed by atoms with Gasteiger partial charge in [-0.1, -0.05) is 0 Å². The highest BCUT2D eigenvalue weighted by Gasteiger charge is 2.28. The van der Waals surface area contributed by atoms with E-state index in [9.17, 15) is 18.4 Å². The Hall–Kier alpha value is -2.22. The Morgan fingerprint density at radius 1 is 1.41 bits per heavy atom. The number of carbonyl (C=O) groups is 2. The van der Waals surface area contributed by atoms with E-state index in [1.54, 1.807) is 6.92 Å². The second-order valence-corrected chi connectivity index (χ2v) is 4.87. The molecule has 1 unspecified atom stereocenters. The molecule has 1 atom stereocenters. The van der Waals surface area contributed by atoms with Gasteiger partial charge in [-0.05, 0) is 6.92 Å². The Morgan fingerprint density at radius 2 is 2.09 bits per heavy atom. The Morgan fingerprint density at radius 3 is 2.77 bits per heavy atom. The van der Waals surface area contributed by atoms with Crippen LogP contribution in [0.2, 0.25) is 0 Å². The first-order valence-electron chi connectivity index (χ1n) is 6.64. The molecule has 0 radical (unpaired) electrons. The van der Waals surface area contributed by atoms with Gasteiger partial charge >= 0.3 is 5.97 Å².